The number of carbonyl (C=O) groups excluding carboxylic acids is 1. The van der Waals surface area contributed by atoms with Crippen LogP contribution in [0.4, 0.5) is 0 Å². The molecule has 0 aromatic rings. The highest BCUT2D eigenvalue weighted by atomic mass is 16.5. The topological polar surface area (TPSA) is 81.6 Å². The van der Waals surface area contributed by atoms with E-state index in [0.717, 1.165) is 13.1 Å². The van der Waals surface area contributed by atoms with Gasteiger partial charge in [0.1, 0.15) is 0 Å². The number of primary amides is 1. The Hall–Kier alpha value is -0.650. The van der Waals surface area contributed by atoms with Crippen LogP contribution in [0.3, 0.4) is 0 Å². The van der Waals surface area contributed by atoms with E-state index >= 15 is 0 Å². The normalized spacial score (nSPS) is 21.3. The Kier molecular flexibility index (Phi) is 4.14. The smallest absolute Gasteiger partial charge is 0.234 e. The molecule has 1 aliphatic heterocycles. The van der Waals surface area contributed by atoms with Crippen molar-refractivity contribution in [3.05, 3.63) is 0 Å². The molecule has 0 aromatic heterocycles. The van der Waals surface area contributed by atoms with Crippen molar-refractivity contribution >= 4 is 5.91 Å². The molecular weight excluding hydrogens is 170 g/mol. The van der Waals surface area contributed by atoms with Crippen molar-refractivity contribution < 1.29 is 9.53 Å². The molecule has 76 valence electrons. The van der Waals surface area contributed by atoms with Crippen molar-refractivity contribution in [2.75, 3.05) is 32.8 Å². The second-order valence-electron chi connectivity index (χ2n) is 3.14. The largest absolute Gasteiger partial charge is 0.379 e. The summed E-state index contributed by atoms with van der Waals surface area (Å²) in [5.41, 5.74) is 10.7. The lowest BCUT2D eigenvalue weighted by Crippen LogP contribution is -2.50. The molecular formula is C8H17N3O2. The van der Waals surface area contributed by atoms with Gasteiger partial charge >= 0.3 is 0 Å². The average molecular weight is 187 g/mol. The van der Waals surface area contributed by atoms with Gasteiger partial charge in [0.2, 0.25) is 5.91 Å². The van der Waals surface area contributed by atoms with Gasteiger partial charge in [-0.15, -0.1) is 0 Å². The Bertz CT molecular complexity index is 169. The summed E-state index contributed by atoms with van der Waals surface area (Å²) in [5, 5.41) is 0. The predicted molar refractivity (Wildman–Crippen MR) is 49.0 cm³/mol. The summed E-state index contributed by atoms with van der Waals surface area (Å²) in [7, 11) is 0. The highest BCUT2D eigenvalue weighted by molar-refractivity contribution is 5.79. The molecule has 13 heavy (non-hydrogen) atoms. The minimum absolute atomic E-state index is 0.214. The van der Waals surface area contributed by atoms with E-state index in [1.165, 1.54) is 0 Å². The zero-order chi connectivity index (χ0) is 9.68. The zero-order valence-electron chi connectivity index (χ0n) is 7.74. The van der Waals surface area contributed by atoms with Crippen LogP contribution < -0.4 is 11.5 Å². The van der Waals surface area contributed by atoms with Gasteiger partial charge in [0.15, 0.2) is 0 Å². The van der Waals surface area contributed by atoms with Crippen molar-refractivity contribution in [1.29, 1.82) is 0 Å². The van der Waals surface area contributed by atoms with Crippen LogP contribution in [0.25, 0.3) is 0 Å². The second-order valence-corrected chi connectivity index (χ2v) is 3.14. The van der Waals surface area contributed by atoms with Gasteiger partial charge < -0.3 is 16.2 Å². The van der Waals surface area contributed by atoms with Gasteiger partial charge in [-0.25, -0.2) is 0 Å². The first kappa shape index (κ1) is 10.4. The SMILES string of the molecule is NCCC(C(N)=O)N1CCOCC1. The molecule has 1 aliphatic rings. The van der Waals surface area contributed by atoms with Crippen LogP contribution in [0.5, 0.6) is 0 Å². The monoisotopic (exact) mass is 187 g/mol. The minimum atomic E-state index is -0.285. The number of nitrogens with zero attached hydrogens (tertiary/aromatic N) is 1. The first-order chi connectivity index (χ1) is 6.25. The fourth-order valence-corrected chi connectivity index (χ4v) is 1.55. The number of nitrogens with two attached hydrogens (primary N) is 2. The Balaban J connectivity index is 2.46. The predicted octanol–water partition coefficient (Wildman–Crippen LogP) is -1.48. The number of carbonyl (C=O) groups is 1. The van der Waals surface area contributed by atoms with E-state index in [1.54, 1.807) is 0 Å². The lowest BCUT2D eigenvalue weighted by Gasteiger charge is -2.32. The highest BCUT2D eigenvalue weighted by Crippen LogP contribution is 2.06. The average Bonchev–Trinajstić information content (AvgIpc) is 2.15. The maximum Gasteiger partial charge on any atom is 0.234 e. The van der Waals surface area contributed by atoms with Crippen LogP contribution in [0, 0.1) is 0 Å². The maximum absolute atomic E-state index is 11.1. The highest BCUT2D eigenvalue weighted by Gasteiger charge is 2.24. The summed E-state index contributed by atoms with van der Waals surface area (Å²) in [5.74, 6) is -0.285. The van der Waals surface area contributed by atoms with Crippen LogP contribution in [-0.2, 0) is 9.53 Å². The standard InChI is InChI=1S/C8H17N3O2/c9-2-1-7(8(10)12)11-3-5-13-6-4-11/h7H,1-6,9H2,(H2,10,12). The molecule has 0 aromatic carbocycles. The molecule has 1 rings (SSSR count). The zero-order valence-corrected chi connectivity index (χ0v) is 7.74. The molecule has 1 atom stereocenters. The van der Waals surface area contributed by atoms with Crippen molar-refractivity contribution in [3.63, 3.8) is 0 Å². The lowest BCUT2D eigenvalue weighted by molar-refractivity contribution is -0.125. The van der Waals surface area contributed by atoms with Gasteiger partial charge in [0, 0.05) is 13.1 Å². The van der Waals surface area contributed by atoms with E-state index in [4.69, 9.17) is 16.2 Å². The third-order valence-electron chi connectivity index (χ3n) is 2.25. The molecule has 5 heteroatoms. The lowest BCUT2D eigenvalue weighted by atomic mass is 10.1. The van der Waals surface area contributed by atoms with Gasteiger partial charge in [-0.3, -0.25) is 9.69 Å². The maximum atomic E-state index is 11.1. The molecule has 0 aliphatic carbocycles. The summed E-state index contributed by atoms with van der Waals surface area (Å²) in [4.78, 5) is 13.1. The van der Waals surface area contributed by atoms with Gasteiger partial charge in [-0.1, -0.05) is 0 Å². The molecule has 1 amide bonds. The molecule has 4 N–H and O–H groups in total. The molecule has 1 saturated heterocycles. The third-order valence-corrected chi connectivity index (χ3v) is 2.25. The van der Waals surface area contributed by atoms with Gasteiger partial charge in [-0.2, -0.15) is 0 Å². The van der Waals surface area contributed by atoms with Crippen LogP contribution in [-0.4, -0.2) is 49.7 Å². The molecule has 0 saturated carbocycles. The quantitative estimate of drug-likeness (QED) is 0.562. The van der Waals surface area contributed by atoms with Gasteiger partial charge in [-0.05, 0) is 13.0 Å². The summed E-state index contributed by atoms with van der Waals surface area (Å²) in [6.45, 7) is 3.38. The Morgan fingerprint density at radius 1 is 1.46 bits per heavy atom. The van der Waals surface area contributed by atoms with Crippen molar-refractivity contribution in [2.45, 2.75) is 12.5 Å². The fraction of sp³-hybridized carbons (Fsp3) is 0.875. The van der Waals surface area contributed by atoms with Crippen molar-refractivity contribution in [1.82, 2.24) is 4.90 Å². The molecule has 0 spiro atoms. The first-order valence-electron chi connectivity index (χ1n) is 4.57. The van der Waals surface area contributed by atoms with Crippen LogP contribution in [0.15, 0.2) is 0 Å². The summed E-state index contributed by atoms with van der Waals surface area (Å²) >= 11 is 0. The number of morpholine rings is 1. The fourth-order valence-electron chi connectivity index (χ4n) is 1.55. The number of rotatable bonds is 4. The number of hydrogen-bond donors (Lipinski definition) is 2. The third kappa shape index (κ3) is 2.95. The summed E-state index contributed by atoms with van der Waals surface area (Å²) in [6, 6.07) is -0.214. The first-order valence-corrected chi connectivity index (χ1v) is 4.57. The summed E-state index contributed by atoms with van der Waals surface area (Å²) in [6.07, 6.45) is 0.634. The van der Waals surface area contributed by atoms with Gasteiger partial charge in [0.25, 0.3) is 0 Å². The van der Waals surface area contributed by atoms with Crippen LogP contribution >= 0.6 is 0 Å². The Morgan fingerprint density at radius 3 is 2.54 bits per heavy atom. The van der Waals surface area contributed by atoms with Crippen molar-refractivity contribution in [2.24, 2.45) is 11.5 Å². The van der Waals surface area contributed by atoms with Crippen LogP contribution in [0.2, 0.25) is 0 Å². The second kappa shape index (κ2) is 5.16. The number of ether oxygens (including phenoxy) is 1. The van der Waals surface area contributed by atoms with E-state index in [-0.39, 0.29) is 11.9 Å². The number of hydrogen-bond acceptors (Lipinski definition) is 4. The van der Waals surface area contributed by atoms with E-state index in [1.807, 2.05) is 4.90 Å². The van der Waals surface area contributed by atoms with Gasteiger partial charge in [0.05, 0.1) is 19.3 Å². The van der Waals surface area contributed by atoms with E-state index in [9.17, 15) is 4.79 Å². The molecule has 1 unspecified atom stereocenters. The van der Waals surface area contributed by atoms with E-state index in [0.29, 0.717) is 26.2 Å². The van der Waals surface area contributed by atoms with Crippen LogP contribution in [0.1, 0.15) is 6.42 Å². The molecule has 0 bridgehead atoms. The molecule has 0 radical (unpaired) electrons. The van der Waals surface area contributed by atoms with E-state index in [2.05, 4.69) is 0 Å². The minimum Gasteiger partial charge on any atom is -0.379 e. The Morgan fingerprint density at radius 2 is 2.08 bits per heavy atom. The van der Waals surface area contributed by atoms with Crippen molar-refractivity contribution in [3.8, 4) is 0 Å². The number of amides is 1. The molecule has 1 heterocycles. The van der Waals surface area contributed by atoms with E-state index < -0.39 is 0 Å². The molecule has 5 nitrogen and oxygen atoms in total. The summed E-state index contributed by atoms with van der Waals surface area (Å²) < 4.78 is 5.18. The Labute approximate surface area is 78.0 Å². The molecule has 1 fully saturated rings.